The van der Waals surface area contributed by atoms with E-state index in [1.807, 2.05) is 6.92 Å². The summed E-state index contributed by atoms with van der Waals surface area (Å²) in [5, 5.41) is 13.0. The van der Waals surface area contributed by atoms with E-state index in [0.29, 0.717) is 18.9 Å². The molecular formula is C23H45NO5. The maximum absolute atomic E-state index is 12.0. The number of hydrogen-bond donors (Lipinski definition) is 2. The molecule has 0 aromatic heterocycles. The molecule has 6 nitrogen and oxygen atoms in total. The van der Waals surface area contributed by atoms with Crippen LogP contribution in [0.4, 0.5) is 4.79 Å². The minimum atomic E-state index is -0.606. The van der Waals surface area contributed by atoms with E-state index in [0.717, 1.165) is 32.1 Å². The number of amides is 1. The summed E-state index contributed by atoms with van der Waals surface area (Å²) in [6.45, 7) is 15.8. The summed E-state index contributed by atoms with van der Waals surface area (Å²) in [6.07, 6.45) is 3.79. The monoisotopic (exact) mass is 415 g/mol. The molecule has 0 spiro atoms. The Labute approximate surface area is 178 Å². The van der Waals surface area contributed by atoms with E-state index in [1.165, 1.54) is 6.92 Å². The molecule has 29 heavy (non-hydrogen) atoms. The molecule has 0 aliphatic carbocycles. The third-order valence-corrected chi connectivity index (χ3v) is 4.87. The Kier molecular flexibility index (Phi) is 13.4. The summed E-state index contributed by atoms with van der Waals surface area (Å²) < 4.78 is 11.3. The van der Waals surface area contributed by atoms with Crippen molar-refractivity contribution in [3.63, 3.8) is 0 Å². The van der Waals surface area contributed by atoms with Crippen molar-refractivity contribution in [3.05, 3.63) is 0 Å². The summed E-state index contributed by atoms with van der Waals surface area (Å²) in [4.78, 5) is 24.0. The van der Waals surface area contributed by atoms with Gasteiger partial charge >= 0.3 is 6.09 Å². The fraction of sp³-hybridized carbons (Fsp3) is 0.913. The highest BCUT2D eigenvalue weighted by molar-refractivity contribution is 5.85. The van der Waals surface area contributed by atoms with Crippen LogP contribution in [0.2, 0.25) is 0 Å². The van der Waals surface area contributed by atoms with Gasteiger partial charge in [-0.3, -0.25) is 4.79 Å². The van der Waals surface area contributed by atoms with Crippen molar-refractivity contribution < 1.29 is 24.2 Å². The molecule has 4 atom stereocenters. The Morgan fingerprint density at radius 3 is 2.10 bits per heavy atom. The summed E-state index contributed by atoms with van der Waals surface area (Å²) in [5.74, 6) is 0.551. The molecule has 0 bridgehead atoms. The van der Waals surface area contributed by atoms with E-state index in [1.54, 1.807) is 20.8 Å². The normalized spacial score (nSPS) is 16.2. The molecule has 6 heteroatoms. The first-order chi connectivity index (χ1) is 13.4. The van der Waals surface area contributed by atoms with E-state index < -0.39 is 23.8 Å². The average molecular weight is 416 g/mol. The molecule has 1 amide bonds. The minimum Gasteiger partial charge on any atom is -0.444 e. The van der Waals surface area contributed by atoms with Crippen LogP contribution in [0.1, 0.15) is 93.9 Å². The van der Waals surface area contributed by atoms with Gasteiger partial charge in [0.25, 0.3) is 0 Å². The lowest BCUT2D eigenvalue weighted by Crippen LogP contribution is -2.43. The lowest BCUT2D eigenvalue weighted by Gasteiger charge is -2.30. The molecule has 0 aliphatic heterocycles. The number of Topliss-reactive ketones (excluding diaryl/α,β-unsaturated/α-hetero) is 1. The Hall–Kier alpha value is -1.14. The van der Waals surface area contributed by atoms with Gasteiger partial charge in [0.1, 0.15) is 5.60 Å². The number of alkyl carbamates (subject to hydrolysis) is 1. The summed E-state index contributed by atoms with van der Waals surface area (Å²) in [6, 6.07) is -0.572. The topological polar surface area (TPSA) is 84.9 Å². The number of aliphatic hydroxyl groups is 1. The molecule has 0 saturated heterocycles. The number of hydrogen-bond acceptors (Lipinski definition) is 5. The first-order valence-corrected chi connectivity index (χ1v) is 11.2. The van der Waals surface area contributed by atoms with Gasteiger partial charge < -0.3 is 19.9 Å². The van der Waals surface area contributed by atoms with Crippen molar-refractivity contribution in [2.24, 2.45) is 11.8 Å². The van der Waals surface area contributed by atoms with Gasteiger partial charge in [-0.2, -0.15) is 0 Å². The van der Waals surface area contributed by atoms with Gasteiger partial charge in [0, 0.05) is 12.5 Å². The highest BCUT2D eigenvalue weighted by Crippen LogP contribution is 2.26. The predicted molar refractivity (Wildman–Crippen MR) is 117 cm³/mol. The lowest BCUT2D eigenvalue weighted by molar-refractivity contribution is -0.119. The molecule has 172 valence electrons. The van der Waals surface area contributed by atoms with Crippen LogP contribution >= 0.6 is 0 Å². The average Bonchev–Trinajstić information content (AvgIpc) is 2.55. The zero-order valence-electron chi connectivity index (χ0n) is 19.9. The Bertz CT molecular complexity index is 470. The molecule has 0 unspecified atom stereocenters. The Balaban J connectivity index is 4.89. The second-order valence-corrected chi connectivity index (χ2v) is 9.53. The highest BCUT2D eigenvalue weighted by Gasteiger charge is 2.27. The molecule has 0 aromatic carbocycles. The first-order valence-electron chi connectivity index (χ1n) is 11.2. The second kappa shape index (κ2) is 14.0. The van der Waals surface area contributed by atoms with Crippen LogP contribution in [0.15, 0.2) is 0 Å². The SMILES string of the molecule is CCCO[C@@H](CCC[C@H](NC(=O)OC(C)(C)C)C(C)=O)[C@@H](CCC(C)C)[C@H](C)O. The molecule has 0 saturated carbocycles. The van der Waals surface area contributed by atoms with Crippen molar-refractivity contribution in [2.75, 3.05) is 6.61 Å². The maximum atomic E-state index is 12.0. The molecule has 0 aromatic rings. The smallest absolute Gasteiger partial charge is 0.408 e. The Morgan fingerprint density at radius 1 is 1.03 bits per heavy atom. The molecule has 0 aliphatic rings. The number of nitrogens with one attached hydrogen (secondary N) is 1. The molecule has 0 heterocycles. The number of ketones is 1. The van der Waals surface area contributed by atoms with Crippen molar-refractivity contribution in [3.8, 4) is 0 Å². The van der Waals surface area contributed by atoms with Crippen LogP contribution in [0, 0.1) is 11.8 Å². The van der Waals surface area contributed by atoms with Gasteiger partial charge in [-0.25, -0.2) is 4.79 Å². The fourth-order valence-corrected chi connectivity index (χ4v) is 3.30. The third kappa shape index (κ3) is 13.7. The number of carbonyl (C=O) groups excluding carboxylic acids is 2. The quantitative estimate of drug-likeness (QED) is 0.423. The number of ether oxygens (including phenoxy) is 2. The van der Waals surface area contributed by atoms with E-state index >= 15 is 0 Å². The second-order valence-electron chi connectivity index (χ2n) is 9.53. The van der Waals surface area contributed by atoms with Crippen LogP contribution in [-0.2, 0) is 14.3 Å². The fourth-order valence-electron chi connectivity index (χ4n) is 3.30. The van der Waals surface area contributed by atoms with Crippen molar-refractivity contribution in [2.45, 2.75) is 118 Å². The summed E-state index contributed by atoms with van der Waals surface area (Å²) in [7, 11) is 0. The van der Waals surface area contributed by atoms with E-state index in [-0.39, 0.29) is 17.8 Å². The first kappa shape index (κ1) is 27.9. The van der Waals surface area contributed by atoms with Gasteiger partial charge in [0.2, 0.25) is 0 Å². The van der Waals surface area contributed by atoms with E-state index in [9.17, 15) is 14.7 Å². The third-order valence-electron chi connectivity index (χ3n) is 4.87. The molecule has 0 radical (unpaired) electrons. The number of rotatable bonds is 14. The van der Waals surface area contributed by atoms with Crippen LogP contribution in [0.3, 0.4) is 0 Å². The van der Waals surface area contributed by atoms with Crippen molar-refractivity contribution in [1.82, 2.24) is 5.32 Å². The molecule has 0 fully saturated rings. The maximum Gasteiger partial charge on any atom is 0.408 e. The van der Waals surface area contributed by atoms with Gasteiger partial charge in [0.15, 0.2) is 5.78 Å². The van der Waals surface area contributed by atoms with Crippen LogP contribution < -0.4 is 5.32 Å². The van der Waals surface area contributed by atoms with Crippen LogP contribution in [0.25, 0.3) is 0 Å². The minimum absolute atomic E-state index is 0.0529. The largest absolute Gasteiger partial charge is 0.444 e. The van der Waals surface area contributed by atoms with Crippen LogP contribution in [0.5, 0.6) is 0 Å². The van der Waals surface area contributed by atoms with Crippen molar-refractivity contribution in [1.29, 1.82) is 0 Å². The standard InChI is InChI=1S/C23H45NO5/c1-9-15-28-21(19(17(4)25)14-13-16(2)3)12-10-11-20(18(5)26)24-22(27)29-23(6,7)8/h16-17,19-21,25H,9-15H2,1-8H3,(H,24,27)/t17-,19-,20-,21-/m0/s1. The number of carbonyl (C=O) groups is 2. The highest BCUT2D eigenvalue weighted by atomic mass is 16.6. The van der Waals surface area contributed by atoms with Crippen LogP contribution in [-0.4, -0.2) is 47.4 Å². The lowest BCUT2D eigenvalue weighted by atomic mass is 9.86. The summed E-state index contributed by atoms with van der Waals surface area (Å²) >= 11 is 0. The van der Waals surface area contributed by atoms with E-state index in [2.05, 4.69) is 26.1 Å². The number of aliphatic hydroxyl groups excluding tert-OH is 1. The van der Waals surface area contributed by atoms with Gasteiger partial charge in [-0.15, -0.1) is 0 Å². The molecule has 2 N–H and O–H groups in total. The van der Waals surface area contributed by atoms with Gasteiger partial charge in [-0.05, 0) is 72.6 Å². The van der Waals surface area contributed by atoms with Crippen molar-refractivity contribution >= 4 is 11.9 Å². The molecular weight excluding hydrogens is 370 g/mol. The zero-order chi connectivity index (χ0) is 22.6. The van der Waals surface area contributed by atoms with E-state index in [4.69, 9.17) is 9.47 Å². The molecule has 0 rings (SSSR count). The summed E-state index contributed by atoms with van der Waals surface area (Å²) in [5.41, 5.74) is -0.606. The zero-order valence-corrected chi connectivity index (χ0v) is 19.9. The Morgan fingerprint density at radius 2 is 1.66 bits per heavy atom. The predicted octanol–water partition coefficient (Wildman–Crippen LogP) is 4.87. The van der Waals surface area contributed by atoms with Gasteiger partial charge in [0.05, 0.1) is 18.2 Å². The van der Waals surface area contributed by atoms with Gasteiger partial charge in [-0.1, -0.05) is 27.2 Å².